The third kappa shape index (κ3) is 2.32. The standard InChI is InChI=1S/C15H18N4O/c1-11-15(20)19(10-12-7-17-18(2)9-12)14-6-4-3-5-13(14)8-16-11/h3-7,9,11,16H,8,10H2,1-2H3. The third-order valence-electron chi connectivity index (χ3n) is 3.62. The largest absolute Gasteiger partial charge is 0.306 e. The van der Waals surface area contributed by atoms with E-state index in [1.807, 2.05) is 43.3 Å². The summed E-state index contributed by atoms with van der Waals surface area (Å²) in [5, 5.41) is 7.43. The summed E-state index contributed by atoms with van der Waals surface area (Å²) in [4.78, 5) is 14.4. The number of aryl methyl sites for hydroxylation is 1. The fraction of sp³-hybridized carbons (Fsp3) is 0.333. The van der Waals surface area contributed by atoms with Crippen LogP contribution >= 0.6 is 0 Å². The first-order valence-electron chi connectivity index (χ1n) is 6.75. The lowest BCUT2D eigenvalue weighted by atomic mass is 10.1. The van der Waals surface area contributed by atoms with Crippen molar-refractivity contribution in [2.45, 2.75) is 26.1 Å². The lowest BCUT2D eigenvalue weighted by molar-refractivity contribution is -0.120. The van der Waals surface area contributed by atoms with E-state index in [1.165, 1.54) is 0 Å². The van der Waals surface area contributed by atoms with Crippen LogP contribution in [0.2, 0.25) is 0 Å². The molecule has 1 aromatic carbocycles. The number of carbonyl (C=O) groups excluding carboxylic acids is 1. The summed E-state index contributed by atoms with van der Waals surface area (Å²) < 4.78 is 1.76. The lowest BCUT2D eigenvalue weighted by Gasteiger charge is -2.23. The minimum atomic E-state index is -0.181. The zero-order valence-corrected chi connectivity index (χ0v) is 11.7. The van der Waals surface area contributed by atoms with Gasteiger partial charge in [0.25, 0.3) is 0 Å². The molecule has 3 rings (SSSR count). The van der Waals surface area contributed by atoms with Gasteiger partial charge in [-0.25, -0.2) is 0 Å². The highest BCUT2D eigenvalue weighted by atomic mass is 16.2. The van der Waals surface area contributed by atoms with Crippen LogP contribution in [0.1, 0.15) is 18.1 Å². The minimum Gasteiger partial charge on any atom is -0.306 e. The summed E-state index contributed by atoms with van der Waals surface area (Å²) in [6.07, 6.45) is 3.75. The SMILES string of the molecule is CC1NCc2ccccc2N(Cc2cnn(C)c2)C1=O. The van der Waals surface area contributed by atoms with E-state index < -0.39 is 0 Å². The fourth-order valence-corrected chi connectivity index (χ4v) is 2.53. The monoisotopic (exact) mass is 270 g/mol. The molecule has 1 aliphatic heterocycles. The predicted molar refractivity (Wildman–Crippen MR) is 77.1 cm³/mol. The van der Waals surface area contributed by atoms with Gasteiger partial charge >= 0.3 is 0 Å². The molecule has 1 amide bonds. The number of hydrogen-bond acceptors (Lipinski definition) is 3. The number of carbonyl (C=O) groups is 1. The first-order valence-corrected chi connectivity index (χ1v) is 6.75. The van der Waals surface area contributed by atoms with Gasteiger partial charge in [0.1, 0.15) is 0 Å². The number of benzene rings is 1. The van der Waals surface area contributed by atoms with Gasteiger partial charge in [0.2, 0.25) is 5.91 Å². The smallest absolute Gasteiger partial charge is 0.244 e. The Morgan fingerprint density at radius 2 is 2.20 bits per heavy atom. The van der Waals surface area contributed by atoms with Gasteiger partial charge in [0.05, 0.1) is 18.8 Å². The van der Waals surface area contributed by atoms with Gasteiger partial charge in [-0.05, 0) is 18.6 Å². The maximum absolute atomic E-state index is 12.6. The van der Waals surface area contributed by atoms with E-state index in [1.54, 1.807) is 10.9 Å². The van der Waals surface area contributed by atoms with Crippen LogP contribution in [-0.4, -0.2) is 21.7 Å². The van der Waals surface area contributed by atoms with Gasteiger partial charge in [0, 0.05) is 31.0 Å². The van der Waals surface area contributed by atoms with Gasteiger partial charge < -0.3 is 10.2 Å². The number of nitrogens with one attached hydrogen (secondary N) is 1. The second-order valence-corrected chi connectivity index (χ2v) is 5.18. The number of rotatable bonds is 2. The number of nitrogens with zero attached hydrogens (tertiary/aromatic N) is 3. The minimum absolute atomic E-state index is 0.0961. The van der Waals surface area contributed by atoms with Crippen molar-refractivity contribution in [2.75, 3.05) is 4.90 Å². The van der Waals surface area contributed by atoms with Crippen molar-refractivity contribution in [1.29, 1.82) is 0 Å². The highest BCUT2D eigenvalue weighted by Gasteiger charge is 2.27. The van der Waals surface area contributed by atoms with Crippen LogP contribution in [-0.2, 0) is 24.9 Å². The topological polar surface area (TPSA) is 50.2 Å². The summed E-state index contributed by atoms with van der Waals surface area (Å²) in [5.74, 6) is 0.0961. The molecule has 20 heavy (non-hydrogen) atoms. The number of fused-ring (bicyclic) bond motifs is 1. The number of hydrogen-bond donors (Lipinski definition) is 1. The Bertz CT molecular complexity index is 634. The van der Waals surface area contributed by atoms with Crippen LogP contribution in [0.15, 0.2) is 36.7 Å². The molecule has 1 N–H and O–H groups in total. The summed E-state index contributed by atoms with van der Waals surface area (Å²) in [7, 11) is 1.88. The molecule has 0 fully saturated rings. The van der Waals surface area contributed by atoms with Crippen LogP contribution in [0.3, 0.4) is 0 Å². The zero-order valence-electron chi connectivity index (χ0n) is 11.7. The van der Waals surface area contributed by atoms with E-state index in [-0.39, 0.29) is 11.9 Å². The van der Waals surface area contributed by atoms with Crippen molar-refractivity contribution < 1.29 is 4.79 Å². The van der Waals surface area contributed by atoms with Gasteiger partial charge in [-0.15, -0.1) is 0 Å². The van der Waals surface area contributed by atoms with Gasteiger partial charge in [-0.1, -0.05) is 18.2 Å². The highest BCUT2D eigenvalue weighted by molar-refractivity contribution is 5.98. The Kier molecular flexibility index (Phi) is 3.28. The fourth-order valence-electron chi connectivity index (χ4n) is 2.53. The van der Waals surface area contributed by atoms with Crippen molar-refractivity contribution in [3.8, 4) is 0 Å². The first kappa shape index (κ1) is 12.9. The average molecular weight is 270 g/mol. The van der Waals surface area contributed by atoms with E-state index in [0.717, 1.165) is 16.8 Å². The number of amides is 1. The van der Waals surface area contributed by atoms with Crippen molar-refractivity contribution >= 4 is 11.6 Å². The molecule has 0 aliphatic carbocycles. The first-order chi connectivity index (χ1) is 9.65. The molecule has 1 aliphatic rings. The summed E-state index contributed by atoms with van der Waals surface area (Å²) in [5.41, 5.74) is 3.16. The second kappa shape index (κ2) is 5.09. The van der Waals surface area contributed by atoms with Crippen molar-refractivity contribution in [1.82, 2.24) is 15.1 Å². The molecule has 0 spiro atoms. The van der Waals surface area contributed by atoms with Crippen LogP contribution in [0.4, 0.5) is 5.69 Å². The van der Waals surface area contributed by atoms with Gasteiger partial charge in [-0.3, -0.25) is 9.48 Å². The molecule has 1 atom stereocenters. The summed E-state index contributed by atoms with van der Waals surface area (Å²) in [6.45, 7) is 3.17. The Labute approximate surface area is 118 Å². The quantitative estimate of drug-likeness (QED) is 0.898. The molecule has 0 radical (unpaired) electrons. The molecule has 2 aromatic rings. The molecule has 5 heteroatoms. The normalized spacial score (nSPS) is 18.8. The number of anilines is 1. The molecule has 5 nitrogen and oxygen atoms in total. The molecular weight excluding hydrogens is 252 g/mol. The maximum Gasteiger partial charge on any atom is 0.244 e. The van der Waals surface area contributed by atoms with E-state index in [2.05, 4.69) is 16.5 Å². The molecule has 0 saturated heterocycles. The van der Waals surface area contributed by atoms with E-state index >= 15 is 0 Å². The van der Waals surface area contributed by atoms with E-state index in [9.17, 15) is 4.79 Å². The molecule has 1 aromatic heterocycles. The second-order valence-electron chi connectivity index (χ2n) is 5.18. The van der Waals surface area contributed by atoms with Crippen molar-refractivity contribution in [3.63, 3.8) is 0 Å². The predicted octanol–water partition coefficient (Wildman–Crippen LogP) is 1.45. The van der Waals surface area contributed by atoms with Gasteiger partial charge in [0.15, 0.2) is 0 Å². The number of aromatic nitrogens is 2. The van der Waals surface area contributed by atoms with Crippen molar-refractivity contribution in [2.24, 2.45) is 7.05 Å². The molecule has 2 heterocycles. The van der Waals surface area contributed by atoms with Crippen LogP contribution in [0.5, 0.6) is 0 Å². The Hall–Kier alpha value is -2.14. The number of para-hydroxylation sites is 1. The molecule has 1 unspecified atom stereocenters. The molecule has 0 bridgehead atoms. The third-order valence-corrected chi connectivity index (χ3v) is 3.62. The summed E-state index contributed by atoms with van der Waals surface area (Å²) in [6, 6.07) is 7.86. The Balaban J connectivity index is 1.98. The molecule has 104 valence electrons. The van der Waals surface area contributed by atoms with E-state index in [0.29, 0.717) is 13.1 Å². The van der Waals surface area contributed by atoms with Crippen LogP contribution in [0.25, 0.3) is 0 Å². The highest BCUT2D eigenvalue weighted by Crippen LogP contribution is 2.25. The maximum atomic E-state index is 12.6. The lowest BCUT2D eigenvalue weighted by Crippen LogP contribution is -2.41. The van der Waals surface area contributed by atoms with E-state index in [4.69, 9.17) is 0 Å². The molecule has 0 saturated carbocycles. The summed E-state index contributed by atoms with van der Waals surface area (Å²) >= 11 is 0. The Morgan fingerprint density at radius 3 is 2.95 bits per heavy atom. The Morgan fingerprint density at radius 1 is 1.40 bits per heavy atom. The van der Waals surface area contributed by atoms with Crippen LogP contribution < -0.4 is 10.2 Å². The average Bonchev–Trinajstić information content (AvgIpc) is 2.82. The van der Waals surface area contributed by atoms with Gasteiger partial charge in [-0.2, -0.15) is 5.10 Å². The molecular formula is C15H18N4O. The van der Waals surface area contributed by atoms with Crippen molar-refractivity contribution in [3.05, 3.63) is 47.8 Å². The zero-order chi connectivity index (χ0) is 14.1. The van der Waals surface area contributed by atoms with Crippen LogP contribution in [0, 0.1) is 0 Å².